The number of hydrogen-bond acceptors (Lipinski definition) is 5. The molecule has 7 nitrogen and oxygen atoms in total. The van der Waals surface area contributed by atoms with Crippen molar-refractivity contribution in [1.29, 1.82) is 0 Å². The minimum absolute atomic E-state index is 0. The van der Waals surface area contributed by atoms with Gasteiger partial charge in [-0.25, -0.2) is 0 Å². The van der Waals surface area contributed by atoms with Gasteiger partial charge in [0.15, 0.2) is 0 Å². The van der Waals surface area contributed by atoms with E-state index in [-0.39, 0.29) is 36.3 Å². The van der Waals surface area contributed by atoms with E-state index in [0.717, 1.165) is 0 Å². The molecule has 9 heteroatoms. The molecule has 25 heavy (non-hydrogen) atoms. The third kappa shape index (κ3) is 5.02. The van der Waals surface area contributed by atoms with Crippen LogP contribution in [-0.4, -0.2) is 46.7 Å². The predicted molar refractivity (Wildman–Crippen MR) is 99.5 cm³/mol. The highest BCUT2D eigenvalue weighted by Crippen LogP contribution is 2.12. The second kappa shape index (κ2) is 9.53. The number of hydrogen-bond donors (Lipinski definition) is 4. The molecule has 1 aliphatic rings. The fourth-order valence-corrected chi connectivity index (χ4v) is 2.57. The molecule has 136 valence electrons. The quantitative estimate of drug-likeness (QED) is 0.615. The van der Waals surface area contributed by atoms with E-state index < -0.39 is 17.6 Å². The van der Waals surface area contributed by atoms with E-state index in [2.05, 4.69) is 20.6 Å². The van der Waals surface area contributed by atoms with Gasteiger partial charge in [0.2, 0.25) is 0 Å². The van der Waals surface area contributed by atoms with Crippen molar-refractivity contribution in [3.8, 4) is 11.4 Å². The van der Waals surface area contributed by atoms with Crippen LogP contribution in [-0.2, 0) is 0 Å². The van der Waals surface area contributed by atoms with Crippen LogP contribution in [0.2, 0.25) is 0 Å². The highest BCUT2D eigenvalue weighted by Gasteiger charge is 2.25. The van der Waals surface area contributed by atoms with Crippen LogP contribution in [0.3, 0.4) is 0 Å². The number of carbonyl (C=O) groups excluding carboxylic acids is 1. The summed E-state index contributed by atoms with van der Waals surface area (Å²) < 4.78 is 0. The number of aromatic nitrogens is 2. The first-order valence-electron chi connectivity index (χ1n) is 7.47. The van der Waals surface area contributed by atoms with Crippen LogP contribution in [0.5, 0.6) is 0 Å². The lowest BCUT2D eigenvalue weighted by atomic mass is 10.1. The van der Waals surface area contributed by atoms with Gasteiger partial charge < -0.3 is 20.7 Å². The normalized spacial score (nSPS) is 18.8. The van der Waals surface area contributed by atoms with Crippen LogP contribution in [0.1, 0.15) is 10.4 Å². The Morgan fingerprint density at radius 3 is 2.64 bits per heavy atom. The fourth-order valence-electron chi connectivity index (χ4n) is 2.57. The van der Waals surface area contributed by atoms with Gasteiger partial charge in [0, 0.05) is 31.7 Å². The Bertz CT molecular complexity index is 755. The highest BCUT2D eigenvalue weighted by atomic mass is 35.5. The Kier molecular flexibility index (Phi) is 8.05. The smallest absolute Gasteiger partial charge is 0.261 e. The van der Waals surface area contributed by atoms with E-state index in [0.29, 0.717) is 31.0 Å². The van der Waals surface area contributed by atoms with Gasteiger partial charge in [-0.15, -0.1) is 24.8 Å². The second-order valence-corrected chi connectivity index (χ2v) is 5.53. The van der Waals surface area contributed by atoms with Crippen molar-refractivity contribution >= 4 is 30.7 Å². The van der Waals surface area contributed by atoms with Gasteiger partial charge >= 0.3 is 0 Å². The van der Waals surface area contributed by atoms with E-state index >= 15 is 0 Å². The highest BCUT2D eigenvalue weighted by molar-refractivity contribution is 5.94. The lowest BCUT2D eigenvalue weighted by Crippen LogP contribution is -2.36. The SMILES string of the molecule is Cl.Cl.O=C(NCC1CNCC1O)c1ccc(-c2ccccn2)[nH]c1=O. The number of H-pyrrole nitrogens is 1. The van der Waals surface area contributed by atoms with E-state index in [9.17, 15) is 14.7 Å². The zero-order valence-electron chi connectivity index (χ0n) is 13.3. The van der Waals surface area contributed by atoms with Crippen LogP contribution in [0, 0.1) is 5.92 Å². The molecule has 1 saturated heterocycles. The monoisotopic (exact) mass is 386 g/mol. The van der Waals surface area contributed by atoms with E-state index in [4.69, 9.17) is 0 Å². The third-order valence-electron chi connectivity index (χ3n) is 3.92. The number of amides is 1. The summed E-state index contributed by atoms with van der Waals surface area (Å²) in [6, 6.07) is 8.53. The minimum atomic E-state index is -0.472. The van der Waals surface area contributed by atoms with Gasteiger partial charge in [-0.05, 0) is 24.3 Å². The van der Waals surface area contributed by atoms with Crippen molar-refractivity contribution < 1.29 is 9.90 Å². The maximum atomic E-state index is 12.1. The summed E-state index contributed by atoms with van der Waals surface area (Å²) >= 11 is 0. The molecule has 0 aromatic carbocycles. The Morgan fingerprint density at radius 1 is 1.24 bits per heavy atom. The van der Waals surface area contributed by atoms with Crippen molar-refractivity contribution in [3.63, 3.8) is 0 Å². The maximum absolute atomic E-state index is 12.1. The predicted octanol–water partition coefficient (Wildman–Crippen LogP) is 0.591. The first kappa shape index (κ1) is 21.1. The first-order valence-corrected chi connectivity index (χ1v) is 7.47. The molecule has 0 bridgehead atoms. The largest absolute Gasteiger partial charge is 0.391 e. The molecular weight excluding hydrogens is 367 g/mol. The Balaban J connectivity index is 0.00000156. The van der Waals surface area contributed by atoms with Gasteiger partial charge in [-0.3, -0.25) is 14.6 Å². The lowest BCUT2D eigenvalue weighted by Gasteiger charge is -2.13. The molecule has 0 spiro atoms. The Labute approximate surface area is 157 Å². The van der Waals surface area contributed by atoms with Crippen molar-refractivity contribution in [2.75, 3.05) is 19.6 Å². The molecule has 2 unspecified atom stereocenters. The number of nitrogens with zero attached hydrogens (tertiary/aromatic N) is 1. The number of halogens is 2. The van der Waals surface area contributed by atoms with Crippen LogP contribution < -0.4 is 16.2 Å². The summed E-state index contributed by atoms with van der Waals surface area (Å²) in [5.41, 5.74) is 0.778. The maximum Gasteiger partial charge on any atom is 0.261 e. The zero-order valence-corrected chi connectivity index (χ0v) is 14.9. The van der Waals surface area contributed by atoms with Crippen LogP contribution in [0.4, 0.5) is 0 Å². The molecule has 1 fully saturated rings. The summed E-state index contributed by atoms with van der Waals surface area (Å²) in [5, 5.41) is 15.4. The molecular formula is C16H20Cl2N4O3. The Morgan fingerprint density at radius 2 is 2.04 bits per heavy atom. The molecule has 4 N–H and O–H groups in total. The van der Waals surface area contributed by atoms with Crippen LogP contribution in [0.25, 0.3) is 11.4 Å². The fraction of sp³-hybridized carbons (Fsp3) is 0.312. The standard InChI is InChI=1S/C16H18N4O3.2ClH/c21-14-9-17-7-10(14)8-19-15(22)11-4-5-13(20-16(11)23)12-3-1-2-6-18-12;;/h1-6,10,14,17,21H,7-9H2,(H,19,22)(H,20,23);2*1H. The number of β-amino-alcohol motifs (C(OH)–C–C–N with tert-alkyl or cyclic N) is 1. The molecule has 3 rings (SSSR count). The number of nitrogens with one attached hydrogen (secondary N) is 3. The lowest BCUT2D eigenvalue weighted by molar-refractivity contribution is 0.0925. The number of aromatic amines is 1. The van der Waals surface area contributed by atoms with Crippen molar-refractivity contribution in [2.24, 2.45) is 5.92 Å². The molecule has 2 aromatic heterocycles. The average Bonchev–Trinajstić information content (AvgIpc) is 2.98. The summed E-state index contributed by atoms with van der Waals surface area (Å²) in [5.74, 6) is -0.483. The van der Waals surface area contributed by atoms with Gasteiger partial charge in [0.25, 0.3) is 11.5 Å². The average molecular weight is 387 g/mol. The van der Waals surface area contributed by atoms with Crippen molar-refractivity contribution in [1.82, 2.24) is 20.6 Å². The van der Waals surface area contributed by atoms with E-state index in [1.807, 2.05) is 6.07 Å². The van der Waals surface area contributed by atoms with Gasteiger partial charge in [0.1, 0.15) is 5.56 Å². The zero-order chi connectivity index (χ0) is 16.2. The summed E-state index contributed by atoms with van der Waals surface area (Å²) in [6.45, 7) is 1.50. The van der Waals surface area contributed by atoms with E-state index in [1.54, 1.807) is 24.4 Å². The van der Waals surface area contributed by atoms with E-state index in [1.165, 1.54) is 6.07 Å². The molecule has 0 saturated carbocycles. The molecule has 1 aliphatic heterocycles. The van der Waals surface area contributed by atoms with Crippen molar-refractivity contribution in [3.05, 3.63) is 52.4 Å². The number of pyridine rings is 2. The van der Waals surface area contributed by atoms with Gasteiger partial charge in [0.05, 0.1) is 17.5 Å². The number of rotatable bonds is 4. The van der Waals surface area contributed by atoms with Crippen molar-refractivity contribution in [2.45, 2.75) is 6.10 Å². The van der Waals surface area contributed by atoms with Gasteiger partial charge in [-0.1, -0.05) is 6.07 Å². The van der Waals surface area contributed by atoms with Gasteiger partial charge in [-0.2, -0.15) is 0 Å². The summed E-state index contributed by atoms with van der Waals surface area (Å²) in [7, 11) is 0. The number of carbonyl (C=O) groups is 1. The molecule has 2 aromatic rings. The summed E-state index contributed by atoms with van der Waals surface area (Å²) in [4.78, 5) is 31.1. The molecule has 0 radical (unpaired) electrons. The molecule has 2 atom stereocenters. The van der Waals surface area contributed by atoms with Crippen LogP contribution >= 0.6 is 24.8 Å². The molecule has 0 aliphatic carbocycles. The number of aliphatic hydroxyl groups is 1. The first-order chi connectivity index (χ1) is 11.1. The second-order valence-electron chi connectivity index (χ2n) is 5.53. The Hall–Kier alpha value is -1.93. The topological polar surface area (TPSA) is 107 Å². The molecule has 3 heterocycles. The minimum Gasteiger partial charge on any atom is -0.391 e. The molecule has 1 amide bonds. The summed E-state index contributed by atoms with van der Waals surface area (Å²) in [6.07, 6.45) is 1.16. The number of aliphatic hydroxyl groups excluding tert-OH is 1. The third-order valence-corrected chi connectivity index (χ3v) is 3.92. The van der Waals surface area contributed by atoms with Crippen LogP contribution in [0.15, 0.2) is 41.3 Å².